The molecule has 0 saturated heterocycles. The fourth-order valence-corrected chi connectivity index (χ4v) is 1.33. The molecule has 6 nitrogen and oxygen atoms in total. The fourth-order valence-electron chi connectivity index (χ4n) is 1.33. The molecular formula is C13H15NO5. The number of amides is 1. The molecule has 0 aliphatic heterocycles. The number of hydrogen-bond donors (Lipinski definition) is 2. The zero-order valence-electron chi connectivity index (χ0n) is 10.5. The van der Waals surface area contributed by atoms with Crippen LogP contribution in [-0.4, -0.2) is 30.4 Å². The van der Waals surface area contributed by atoms with Gasteiger partial charge in [-0.1, -0.05) is 12.7 Å². The number of benzene rings is 1. The number of carboxylic acid groups (broad SMARTS) is 1. The summed E-state index contributed by atoms with van der Waals surface area (Å²) in [6.07, 6.45) is 0.886. The van der Waals surface area contributed by atoms with Gasteiger partial charge in [-0.2, -0.15) is 0 Å². The highest BCUT2D eigenvalue weighted by Crippen LogP contribution is 2.23. The molecule has 1 aromatic rings. The Kier molecular flexibility index (Phi) is 5.40. The Bertz CT molecular complexity index is 484. The molecule has 1 amide bonds. The summed E-state index contributed by atoms with van der Waals surface area (Å²) >= 11 is 0. The Hall–Kier alpha value is -2.50. The average Bonchev–Trinajstić information content (AvgIpc) is 2.36. The zero-order chi connectivity index (χ0) is 14.3. The molecule has 6 heteroatoms. The molecule has 0 spiro atoms. The molecule has 2 N–H and O–H groups in total. The quantitative estimate of drug-likeness (QED) is 0.772. The molecule has 1 rings (SSSR count). The third-order valence-corrected chi connectivity index (χ3v) is 2.09. The minimum absolute atomic E-state index is 0.0104. The van der Waals surface area contributed by atoms with E-state index in [9.17, 15) is 9.59 Å². The van der Waals surface area contributed by atoms with Crippen LogP contribution in [0.1, 0.15) is 17.3 Å². The first kappa shape index (κ1) is 14.6. The van der Waals surface area contributed by atoms with Crippen LogP contribution in [0, 0.1) is 0 Å². The first-order chi connectivity index (χ1) is 9.08. The van der Waals surface area contributed by atoms with E-state index < -0.39 is 12.1 Å². The van der Waals surface area contributed by atoms with Crippen LogP contribution in [0.5, 0.6) is 5.75 Å². The number of anilines is 1. The van der Waals surface area contributed by atoms with Crippen molar-refractivity contribution in [2.75, 3.05) is 18.5 Å². The lowest BCUT2D eigenvalue weighted by Crippen LogP contribution is -2.13. The van der Waals surface area contributed by atoms with Crippen LogP contribution < -0.4 is 10.1 Å². The van der Waals surface area contributed by atoms with Crippen LogP contribution in [0.2, 0.25) is 0 Å². The van der Waals surface area contributed by atoms with Gasteiger partial charge >= 0.3 is 12.1 Å². The molecule has 0 heterocycles. The first-order valence-corrected chi connectivity index (χ1v) is 5.63. The summed E-state index contributed by atoms with van der Waals surface area (Å²) in [7, 11) is 0. The first-order valence-electron chi connectivity index (χ1n) is 5.63. The molecule has 1 aromatic carbocycles. The normalized spacial score (nSPS) is 9.53. The van der Waals surface area contributed by atoms with E-state index in [4.69, 9.17) is 14.6 Å². The van der Waals surface area contributed by atoms with E-state index in [0.717, 1.165) is 0 Å². The van der Waals surface area contributed by atoms with Gasteiger partial charge in [0.1, 0.15) is 17.9 Å². The molecule has 0 aliphatic carbocycles. The smallest absolute Gasteiger partial charge is 0.411 e. The van der Waals surface area contributed by atoms with Crippen molar-refractivity contribution in [3.05, 3.63) is 36.4 Å². The van der Waals surface area contributed by atoms with Crippen molar-refractivity contribution in [1.29, 1.82) is 0 Å². The number of rotatable bonds is 6. The number of hydrogen-bond acceptors (Lipinski definition) is 4. The largest absolute Gasteiger partial charge is 0.489 e. The molecule has 0 bridgehead atoms. The highest BCUT2D eigenvalue weighted by Gasteiger charge is 2.13. The van der Waals surface area contributed by atoms with Crippen LogP contribution in [0.4, 0.5) is 10.5 Å². The maximum atomic E-state index is 11.2. The Balaban J connectivity index is 2.93. The van der Waals surface area contributed by atoms with Gasteiger partial charge < -0.3 is 14.6 Å². The van der Waals surface area contributed by atoms with Crippen LogP contribution in [0.3, 0.4) is 0 Å². The second-order valence-electron chi connectivity index (χ2n) is 3.46. The third-order valence-electron chi connectivity index (χ3n) is 2.09. The van der Waals surface area contributed by atoms with E-state index in [-0.39, 0.29) is 24.5 Å². The topological polar surface area (TPSA) is 84.9 Å². The molecule has 0 aliphatic rings. The minimum Gasteiger partial charge on any atom is -0.489 e. The van der Waals surface area contributed by atoms with E-state index in [1.54, 1.807) is 6.92 Å². The van der Waals surface area contributed by atoms with Gasteiger partial charge in [-0.3, -0.25) is 5.32 Å². The van der Waals surface area contributed by atoms with Crippen molar-refractivity contribution in [2.24, 2.45) is 0 Å². The monoisotopic (exact) mass is 265 g/mol. The average molecular weight is 265 g/mol. The van der Waals surface area contributed by atoms with Gasteiger partial charge in [-0.05, 0) is 19.1 Å². The van der Waals surface area contributed by atoms with E-state index in [0.29, 0.717) is 5.69 Å². The number of carboxylic acids is 1. The SMILES string of the molecule is C=CCOc1cc(NC(=O)OCC)ccc1C(=O)O. The molecule has 0 unspecified atom stereocenters. The molecule has 0 saturated carbocycles. The van der Waals surface area contributed by atoms with Crippen molar-refractivity contribution < 1.29 is 24.2 Å². The van der Waals surface area contributed by atoms with Gasteiger partial charge in [0.15, 0.2) is 0 Å². The van der Waals surface area contributed by atoms with Gasteiger partial charge in [0.05, 0.1) is 6.61 Å². The maximum Gasteiger partial charge on any atom is 0.411 e. The lowest BCUT2D eigenvalue weighted by atomic mass is 10.2. The lowest BCUT2D eigenvalue weighted by Gasteiger charge is -2.10. The summed E-state index contributed by atoms with van der Waals surface area (Å²) in [6.45, 7) is 5.59. The van der Waals surface area contributed by atoms with E-state index in [2.05, 4.69) is 11.9 Å². The third kappa shape index (κ3) is 4.34. The van der Waals surface area contributed by atoms with Crippen molar-refractivity contribution in [1.82, 2.24) is 0 Å². The summed E-state index contributed by atoms with van der Waals surface area (Å²) < 4.78 is 9.96. The Morgan fingerprint density at radius 1 is 1.47 bits per heavy atom. The standard InChI is InChI=1S/C13H15NO5/c1-3-7-19-11-8-9(14-13(17)18-4-2)5-6-10(11)12(15)16/h3,5-6,8H,1,4,7H2,2H3,(H,14,17)(H,15,16). The summed E-state index contributed by atoms with van der Waals surface area (Å²) in [5, 5.41) is 11.5. The van der Waals surface area contributed by atoms with Gasteiger partial charge in [-0.15, -0.1) is 0 Å². The Morgan fingerprint density at radius 2 is 2.21 bits per heavy atom. The van der Waals surface area contributed by atoms with Gasteiger partial charge in [0.25, 0.3) is 0 Å². The van der Waals surface area contributed by atoms with Crippen molar-refractivity contribution in [3.63, 3.8) is 0 Å². The zero-order valence-corrected chi connectivity index (χ0v) is 10.5. The molecule has 0 atom stereocenters. The van der Waals surface area contributed by atoms with Crippen LogP contribution in [-0.2, 0) is 4.74 Å². The predicted molar refractivity (Wildman–Crippen MR) is 69.7 cm³/mol. The summed E-state index contributed by atoms with van der Waals surface area (Å²) in [5.74, 6) is -0.955. The van der Waals surface area contributed by atoms with Crippen molar-refractivity contribution >= 4 is 17.7 Å². The fraction of sp³-hybridized carbons (Fsp3) is 0.231. The van der Waals surface area contributed by atoms with E-state index in [1.807, 2.05) is 0 Å². The number of carbonyl (C=O) groups is 2. The Labute approximate surface area is 110 Å². The highest BCUT2D eigenvalue weighted by molar-refractivity contribution is 5.93. The van der Waals surface area contributed by atoms with Crippen LogP contribution in [0.15, 0.2) is 30.9 Å². The molecule has 102 valence electrons. The lowest BCUT2D eigenvalue weighted by molar-refractivity contribution is 0.0693. The van der Waals surface area contributed by atoms with Gasteiger partial charge in [-0.25, -0.2) is 9.59 Å². The number of nitrogens with one attached hydrogen (secondary N) is 1. The van der Waals surface area contributed by atoms with Gasteiger partial charge in [0, 0.05) is 11.8 Å². The molecule has 19 heavy (non-hydrogen) atoms. The highest BCUT2D eigenvalue weighted by atomic mass is 16.5. The second kappa shape index (κ2) is 7.05. The summed E-state index contributed by atoms with van der Waals surface area (Å²) in [4.78, 5) is 22.3. The maximum absolute atomic E-state index is 11.2. The predicted octanol–water partition coefficient (Wildman–Crippen LogP) is 2.52. The summed E-state index contributed by atoms with van der Waals surface area (Å²) in [6, 6.07) is 4.23. The number of aromatic carboxylic acids is 1. The number of carbonyl (C=O) groups excluding carboxylic acids is 1. The van der Waals surface area contributed by atoms with Crippen molar-refractivity contribution in [2.45, 2.75) is 6.92 Å². The molecular weight excluding hydrogens is 250 g/mol. The second-order valence-corrected chi connectivity index (χ2v) is 3.46. The van der Waals surface area contributed by atoms with Crippen LogP contribution >= 0.6 is 0 Å². The molecule has 0 aromatic heterocycles. The van der Waals surface area contributed by atoms with Crippen molar-refractivity contribution in [3.8, 4) is 5.75 Å². The Morgan fingerprint density at radius 3 is 2.79 bits per heavy atom. The summed E-state index contributed by atoms with van der Waals surface area (Å²) in [5.41, 5.74) is 0.402. The van der Waals surface area contributed by atoms with Gasteiger partial charge in [0.2, 0.25) is 0 Å². The van der Waals surface area contributed by atoms with E-state index >= 15 is 0 Å². The minimum atomic E-state index is -1.11. The van der Waals surface area contributed by atoms with E-state index in [1.165, 1.54) is 24.3 Å². The van der Waals surface area contributed by atoms with Crippen LogP contribution in [0.25, 0.3) is 0 Å². The molecule has 0 radical (unpaired) electrons. The number of ether oxygens (including phenoxy) is 2. The molecule has 0 fully saturated rings.